The van der Waals surface area contributed by atoms with E-state index in [-0.39, 0.29) is 0 Å². The Morgan fingerprint density at radius 3 is 2.95 bits per heavy atom. The van der Waals surface area contributed by atoms with Gasteiger partial charge in [-0.15, -0.1) is 11.3 Å². The number of nitrogens with one attached hydrogen (secondary N) is 1. The first-order valence-corrected chi connectivity index (χ1v) is 8.29. The molecule has 0 bridgehead atoms. The Hall–Kier alpha value is -1.46. The van der Waals surface area contributed by atoms with Crippen molar-refractivity contribution in [3.63, 3.8) is 0 Å². The zero-order valence-corrected chi connectivity index (χ0v) is 13.7. The topological polar surface area (TPSA) is 47.0 Å². The minimum absolute atomic E-state index is 0.319. The molecule has 2 aromatic heterocycles. The largest absolute Gasteiger partial charge is 0.477 e. The van der Waals surface area contributed by atoms with Crippen molar-refractivity contribution in [1.82, 2.24) is 15.3 Å². The van der Waals surface area contributed by atoms with Crippen molar-refractivity contribution in [2.24, 2.45) is 0 Å². The third-order valence-corrected chi connectivity index (χ3v) is 4.38. The Balaban J connectivity index is 1.87. The van der Waals surface area contributed by atoms with Crippen LogP contribution in [-0.4, -0.2) is 23.1 Å². The zero-order chi connectivity index (χ0) is 15.1. The van der Waals surface area contributed by atoms with Crippen molar-refractivity contribution in [2.45, 2.75) is 39.7 Å². The summed E-state index contributed by atoms with van der Waals surface area (Å²) in [6.07, 6.45) is 3.83. The minimum Gasteiger partial charge on any atom is -0.477 e. The average Bonchev–Trinajstić information content (AvgIpc) is 2.90. The van der Waals surface area contributed by atoms with E-state index in [0.29, 0.717) is 18.5 Å². The predicted octanol–water partition coefficient (Wildman–Crippen LogP) is 3.53. The van der Waals surface area contributed by atoms with Crippen LogP contribution in [-0.2, 0) is 6.42 Å². The van der Waals surface area contributed by atoms with Crippen LogP contribution in [0, 0.1) is 6.92 Å². The fourth-order valence-corrected chi connectivity index (χ4v) is 2.83. The summed E-state index contributed by atoms with van der Waals surface area (Å²) >= 11 is 1.68. The molecule has 1 atom stereocenters. The molecular formula is C16H23N3OS. The van der Waals surface area contributed by atoms with E-state index in [0.717, 1.165) is 25.1 Å². The van der Waals surface area contributed by atoms with Gasteiger partial charge in [-0.25, -0.2) is 9.97 Å². The van der Waals surface area contributed by atoms with Gasteiger partial charge in [0.05, 0.1) is 17.8 Å². The Kier molecular flexibility index (Phi) is 6.14. The van der Waals surface area contributed by atoms with Gasteiger partial charge < -0.3 is 10.1 Å². The third kappa shape index (κ3) is 4.79. The Morgan fingerprint density at radius 2 is 2.24 bits per heavy atom. The highest BCUT2D eigenvalue weighted by Crippen LogP contribution is 2.18. The van der Waals surface area contributed by atoms with Gasteiger partial charge in [-0.05, 0) is 38.4 Å². The highest BCUT2D eigenvalue weighted by molar-refractivity contribution is 7.09. The molecule has 0 aliphatic heterocycles. The van der Waals surface area contributed by atoms with E-state index in [9.17, 15) is 0 Å². The fourth-order valence-electron chi connectivity index (χ4n) is 2.07. The number of aromatic nitrogens is 2. The molecule has 0 saturated heterocycles. The van der Waals surface area contributed by atoms with Gasteiger partial charge in [-0.2, -0.15) is 0 Å². The van der Waals surface area contributed by atoms with Gasteiger partial charge in [0.1, 0.15) is 0 Å². The van der Waals surface area contributed by atoms with Crippen LogP contribution < -0.4 is 10.1 Å². The number of nitrogens with zero attached hydrogens (tertiary/aromatic N) is 2. The summed E-state index contributed by atoms with van der Waals surface area (Å²) in [5.41, 5.74) is 4.19. The van der Waals surface area contributed by atoms with Crippen molar-refractivity contribution in [2.75, 3.05) is 13.2 Å². The fraction of sp³-hybridized carbons (Fsp3) is 0.500. The number of rotatable bonds is 8. The van der Waals surface area contributed by atoms with Crippen molar-refractivity contribution in [1.29, 1.82) is 0 Å². The van der Waals surface area contributed by atoms with Gasteiger partial charge in [-0.1, -0.05) is 6.92 Å². The first kappa shape index (κ1) is 15.9. The van der Waals surface area contributed by atoms with E-state index >= 15 is 0 Å². The zero-order valence-electron chi connectivity index (χ0n) is 12.9. The Morgan fingerprint density at radius 1 is 1.38 bits per heavy atom. The Labute approximate surface area is 130 Å². The van der Waals surface area contributed by atoms with Gasteiger partial charge >= 0.3 is 0 Å². The molecule has 0 aliphatic carbocycles. The predicted molar refractivity (Wildman–Crippen MR) is 87.0 cm³/mol. The van der Waals surface area contributed by atoms with Crippen LogP contribution in [0.1, 0.15) is 42.4 Å². The van der Waals surface area contributed by atoms with Gasteiger partial charge in [-0.3, -0.25) is 0 Å². The molecule has 114 valence electrons. The van der Waals surface area contributed by atoms with Crippen LogP contribution in [0.3, 0.4) is 0 Å². The normalized spacial score (nSPS) is 12.3. The molecule has 0 aliphatic rings. The smallest absolute Gasteiger partial charge is 0.213 e. The van der Waals surface area contributed by atoms with E-state index in [2.05, 4.69) is 29.1 Å². The summed E-state index contributed by atoms with van der Waals surface area (Å²) in [5, 5.41) is 3.47. The first-order valence-electron chi connectivity index (χ1n) is 7.41. The molecule has 21 heavy (non-hydrogen) atoms. The van der Waals surface area contributed by atoms with Crippen LogP contribution in [0.4, 0.5) is 0 Å². The van der Waals surface area contributed by atoms with E-state index < -0.39 is 0 Å². The van der Waals surface area contributed by atoms with Crippen LogP contribution in [0.5, 0.6) is 5.88 Å². The Bertz CT molecular complexity index is 556. The average molecular weight is 305 g/mol. The van der Waals surface area contributed by atoms with E-state index in [1.807, 2.05) is 30.8 Å². The molecule has 0 radical (unpaired) electrons. The second-order valence-electron chi connectivity index (χ2n) is 5.06. The lowest BCUT2D eigenvalue weighted by Gasteiger charge is -2.14. The lowest BCUT2D eigenvalue weighted by atomic mass is 10.1. The summed E-state index contributed by atoms with van der Waals surface area (Å²) in [7, 11) is 0. The second-order valence-corrected chi connectivity index (χ2v) is 6.00. The monoisotopic (exact) mass is 305 g/mol. The molecule has 1 unspecified atom stereocenters. The van der Waals surface area contributed by atoms with Crippen LogP contribution >= 0.6 is 11.3 Å². The van der Waals surface area contributed by atoms with E-state index in [4.69, 9.17) is 4.74 Å². The molecule has 0 aromatic carbocycles. The molecule has 0 amide bonds. The number of ether oxygens (including phenoxy) is 1. The van der Waals surface area contributed by atoms with Crippen molar-refractivity contribution in [3.8, 4) is 5.88 Å². The molecule has 2 rings (SSSR count). The number of pyridine rings is 1. The second kappa shape index (κ2) is 8.10. The molecular weight excluding hydrogens is 282 g/mol. The molecule has 0 spiro atoms. The lowest BCUT2D eigenvalue weighted by Crippen LogP contribution is -2.19. The standard InChI is InChI=1S/C16H23N3OS/c1-4-7-17-12(2)14-5-8-18-16(10-14)20-9-6-15-13(3)19-11-21-15/h5,8,10-12,17H,4,6-7,9H2,1-3H3. The van der Waals surface area contributed by atoms with Crippen molar-refractivity contribution < 1.29 is 4.74 Å². The summed E-state index contributed by atoms with van der Waals surface area (Å²) in [6.45, 7) is 8.02. The van der Waals surface area contributed by atoms with Crippen LogP contribution in [0.25, 0.3) is 0 Å². The number of hydrogen-bond donors (Lipinski definition) is 1. The molecule has 0 saturated carbocycles. The highest BCUT2D eigenvalue weighted by Gasteiger charge is 2.07. The third-order valence-electron chi connectivity index (χ3n) is 3.38. The maximum atomic E-state index is 5.77. The quantitative estimate of drug-likeness (QED) is 0.810. The first-order chi connectivity index (χ1) is 10.2. The van der Waals surface area contributed by atoms with Gasteiger partial charge in [0.15, 0.2) is 0 Å². The van der Waals surface area contributed by atoms with Crippen molar-refractivity contribution >= 4 is 11.3 Å². The van der Waals surface area contributed by atoms with Gasteiger partial charge in [0, 0.05) is 29.6 Å². The van der Waals surface area contributed by atoms with Crippen LogP contribution in [0.2, 0.25) is 0 Å². The molecule has 0 fully saturated rings. The minimum atomic E-state index is 0.319. The van der Waals surface area contributed by atoms with Gasteiger partial charge in [0.2, 0.25) is 5.88 Å². The molecule has 2 aromatic rings. The summed E-state index contributed by atoms with van der Waals surface area (Å²) in [4.78, 5) is 9.81. The van der Waals surface area contributed by atoms with Crippen molar-refractivity contribution in [3.05, 3.63) is 40.0 Å². The SMILES string of the molecule is CCCNC(C)c1ccnc(OCCc2scnc2C)c1. The maximum absolute atomic E-state index is 5.77. The van der Waals surface area contributed by atoms with E-state index in [1.165, 1.54) is 10.4 Å². The molecule has 1 N–H and O–H groups in total. The van der Waals surface area contributed by atoms with Crippen LogP contribution in [0.15, 0.2) is 23.8 Å². The highest BCUT2D eigenvalue weighted by atomic mass is 32.1. The molecule has 5 heteroatoms. The summed E-state index contributed by atoms with van der Waals surface area (Å²) in [5.74, 6) is 0.694. The number of hydrogen-bond acceptors (Lipinski definition) is 5. The number of thiazole rings is 1. The number of aryl methyl sites for hydroxylation is 1. The summed E-state index contributed by atoms with van der Waals surface area (Å²) in [6, 6.07) is 4.37. The lowest BCUT2D eigenvalue weighted by molar-refractivity contribution is 0.309. The molecule has 4 nitrogen and oxygen atoms in total. The van der Waals surface area contributed by atoms with Gasteiger partial charge in [0.25, 0.3) is 0 Å². The maximum Gasteiger partial charge on any atom is 0.213 e. The molecule has 2 heterocycles. The summed E-state index contributed by atoms with van der Waals surface area (Å²) < 4.78 is 5.77. The van der Waals surface area contributed by atoms with E-state index in [1.54, 1.807) is 11.3 Å².